The van der Waals surface area contributed by atoms with Crippen LogP contribution in [0, 0.1) is 6.92 Å². The summed E-state index contributed by atoms with van der Waals surface area (Å²) in [7, 11) is -3.64. The summed E-state index contributed by atoms with van der Waals surface area (Å²) in [5, 5.41) is 0.626. The summed E-state index contributed by atoms with van der Waals surface area (Å²) in [5.74, 6) is -0.363. The number of carbonyl (C=O) groups is 1. The second-order valence-electron chi connectivity index (χ2n) is 6.42. The average Bonchev–Trinajstić information content (AvgIpc) is 2.56. The van der Waals surface area contributed by atoms with Gasteiger partial charge in [0, 0.05) is 30.7 Å². The number of sulfonamides is 1. The minimum absolute atomic E-state index is 0.151. The predicted molar refractivity (Wildman–Crippen MR) is 95.5 cm³/mol. The molecule has 8 heteroatoms. The van der Waals surface area contributed by atoms with E-state index in [1.54, 1.807) is 30.5 Å². The van der Waals surface area contributed by atoms with Gasteiger partial charge < -0.3 is 5.73 Å². The van der Waals surface area contributed by atoms with Crippen molar-refractivity contribution in [2.45, 2.75) is 30.7 Å². The Balaban J connectivity index is 1.78. The van der Waals surface area contributed by atoms with Gasteiger partial charge in [0.15, 0.2) is 0 Å². The van der Waals surface area contributed by atoms with E-state index < -0.39 is 10.0 Å². The van der Waals surface area contributed by atoms with Crippen LogP contribution in [0.15, 0.2) is 35.4 Å². The Kier molecular flexibility index (Phi) is 5.03. The molecule has 0 spiro atoms. The number of likely N-dealkylation sites (tertiary alicyclic amines) is 1. The van der Waals surface area contributed by atoms with Crippen LogP contribution in [0.5, 0.6) is 0 Å². The molecule has 1 aromatic carbocycles. The van der Waals surface area contributed by atoms with E-state index in [1.165, 1.54) is 0 Å². The van der Waals surface area contributed by atoms with Crippen LogP contribution in [0.4, 0.5) is 0 Å². The molecule has 1 saturated heterocycles. The van der Waals surface area contributed by atoms with E-state index in [1.807, 2.05) is 11.8 Å². The number of amides is 1. The summed E-state index contributed by atoms with van der Waals surface area (Å²) in [4.78, 5) is 17.5. The second-order valence-corrected chi connectivity index (χ2v) is 8.10. The molecule has 7 nitrogen and oxygen atoms in total. The lowest BCUT2D eigenvalue weighted by Crippen LogP contribution is -2.46. The van der Waals surface area contributed by atoms with E-state index in [-0.39, 0.29) is 23.4 Å². The standard InChI is InChI=1S/C17H22N4O3S/c1-12-4-5-15(14-3-2-8-19-17(12)14)25(23,24)20-13-6-9-21(10-7-13)11-16(18)22/h2-5,8,13,20H,6-7,9-11H2,1H3,(H2,18,22). The Hall–Kier alpha value is -2.03. The Morgan fingerprint density at radius 3 is 2.72 bits per heavy atom. The maximum absolute atomic E-state index is 12.9. The lowest BCUT2D eigenvalue weighted by atomic mass is 10.1. The maximum Gasteiger partial charge on any atom is 0.241 e. The Labute approximate surface area is 147 Å². The second kappa shape index (κ2) is 7.07. The minimum Gasteiger partial charge on any atom is -0.369 e. The van der Waals surface area contributed by atoms with E-state index in [0.717, 1.165) is 5.56 Å². The van der Waals surface area contributed by atoms with Crippen molar-refractivity contribution >= 4 is 26.8 Å². The van der Waals surface area contributed by atoms with Crippen molar-refractivity contribution in [1.82, 2.24) is 14.6 Å². The first-order valence-electron chi connectivity index (χ1n) is 8.24. The number of piperidine rings is 1. The van der Waals surface area contributed by atoms with Crippen molar-refractivity contribution in [3.8, 4) is 0 Å². The summed E-state index contributed by atoms with van der Waals surface area (Å²) in [6.07, 6.45) is 2.96. The Bertz CT molecular complexity index is 890. The molecule has 1 aliphatic heterocycles. The minimum atomic E-state index is -3.64. The highest BCUT2D eigenvalue weighted by Gasteiger charge is 2.26. The Morgan fingerprint density at radius 2 is 2.04 bits per heavy atom. The molecule has 25 heavy (non-hydrogen) atoms. The molecule has 1 amide bonds. The molecule has 1 fully saturated rings. The molecule has 0 aliphatic carbocycles. The van der Waals surface area contributed by atoms with Crippen molar-refractivity contribution in [2.75, 3.05) is 19.6 Å². The van der Waals surface area contributed by atoms with Crippen LogP contribution in [0.1, 0.15) is 18.4 Å². The van der Waals surface area contributed by atoms with Gasteiger partial charge in [-0.2, -0.15) is 0 Å². The van der Waals surface area contributed by atoms with Crippen LogP contribution in [-0.4, -0.2) is 49.9 Å². The van der Waals surface area contributed by atoms with Crippen LogP contribution >= 0.6 is 0 Å². The molecule has 2 heterocycles. The number of nitrogens with one attached hydrogen (secondary N) is 1. The lowest BCUT2D eigenvalue weighted by Gasteiger charge is -2.31. The molecule has 0 saturated carbocycles. The van der Waals surface area contributed by atoms with Gasteiger partial charge >= 0.3 is 0 Å². The fourth-order valence-electron chi connectivity index (χ4n) is 3.23. The topological polar surface area (TPSA) is 105 Å². The zero-order valence-corrected chi connectivity index (χ0v) is 14.9. The number of fused-ring (bicyclic) bond motifs is 1. The van der Waals surface area contributed by atoms with Gasteiger partial charge in [-0.15, -0.1) is 0 Å². The van der Waals surface area contributed by atoms with Gasteiger partial charge in [0.1, 0.15) is 0 Å². The smallest absolute Gasteiger partial charge is 0.241 e. The summed E-state index contributed by atoms with van der Waals surface area (Å²) < 4.78 is 28.5. The first-order valence-corrected chi connectivity index (χ1v) is 9.72. The molecule has 3 rings (SSSR count). The molecule has 0 unspecified atom stereocenters. The molecule has 0 radical (unpaired) electrons. The highest BCUT2D eigenvalue weighted by molar-refractivity contribution is 7.89. The number of aromatic nitrogens is 1. The molecule has 1 aliphatic rings. The molecular weight excluding hydrogens is 340 g/mol. The molecular formula is C17H22N4O3S. The Morgan fingerprint density at radius 1 is 1.32 bits per heavy atom. The number of benzene rings is 1. The van der Waals surface area contributed by atoms with E-state index in [2.05, 4.69) is 9.71 Å². The number of carbonyl (C=O) groups excluding carboxylic acids is 1. The number of aryl methyl sites for hydroxylation is 1. The zero-order chi connectivity index (χ0) is 18.0. The van der Waals surface area contributed by atoms with Gasteiger partial charge in [-0.25, -0.2) is 13.1 Å². The first-order chi connectivity index (χ1) is 11.9. The van der Waals surface area contributed by atoms with Gasteiger partial charge in [0.05, 0.1) is 17.0 Å². The molecule has 3 N–H and O–H groups in total. The van der Waals surface area contributed by atoms with Crippen molar-refractivity contribution in [1.29, 1.82) is 0 Å². The van der Waals surface area contributed by atoms with Crippen molar-refractivity contribution < 1.29 is 13.2 Å². The molecule has 2 aromatic rings. The van der Waals surface area contributed by atoms with Gasteiger partial charge in [-0.3, -0.25) is 14.7 Å². The number of hydrogen-bond acceptors (Lipinski definition) is 5. The molecule has 1 aromatic heterocycles. The fraction of sp³-hybridized carbons (Fsp3) is 0.412. The molecule has 0 bridgehead atoms. The maximum atomic E-state index is 12.9. The van der Waals surface area contributed by atoms with Gasteiger partial charge in [-0.05, 0) is 43.5 Å². The quantitative estimate of drug-likeness (QED) is 0.817. The SMILES string of the molecule is Cc1ccc(S(=O)(=O)NC2CCN(CC(N)=O)CC2)c2cccnc12. The highest BCUT2D eigenvalue weighted by Crippen LogP contribution is 2.25. The summed E-state index contributed by atoms with van der Waals surface area (Å²) >= 11 is 0. The number of nitrogens with two attached hydrogens (primary N) is 1. The van der Waals surface area contributed by atoms with Crippen molar-refractivity contribution in [3.05, 3.63) is 36.0 Å². The third-order valence-corrected chi connectivity index (χ3v) is 6.09. The number of hydrogen-bond donors (Lipinski definition) is 2. The van der Waals surface area contributed by atoms with Crippen LogP contribution in [0.3, 0.4) is 0 Å². The van der Waals surface area contributed by atoms with E-state index >= 15 is 0 Å². The fourth-order valence-corrected chi connectivity index (χ4v) is 4.74. The average molecular weight is 362 g/mol. The number of primary amides is 1. The number of pyridine rings is 1. The van der Waals surface area contributed by atoms with Gasteiger partial charge in [0.25, 0.3) is 0 Å². The van der Waals surface area contributed by atoms with E-state index in [9.17, 15) is 13.2 Å². The largest absolute Gasteiger partial charge is 0.369 e. The van der Waals surface area contributed by atoms with Crippen LogP contribution < -0.4 is 10.5 Å². The van der Waals surface area contributed by atoms with E-state index in [0.29, 0.717) is 36.8 Å². The molecule has 0 atom stereocenters. The highest BCUT2D eigenvalue weighted by atomic mass is 32.2. The van der Waals surface area contributed by atoms with Crippen molar-refractivity contribution in [2.24, 2.45) is 5.73 Å². The van der Waals surface area contributed by atoms with Crippen LogP contribution in [-0.2, 0) is 14.8 Å². The lowest BCUT2D eigenvalue weighted by molar-refractivity contribution is -0.119. The van der Waals surface area contributed by atoms with Crippen LogP contribution in [0.2, 0.25) is 0 Å². The number of nitrogens with zero attached hydrogens (tertiary/aromatic N) is 2. The third-order valence-electron chi connectivity index (χ3n) is 4.51. The number of rotatable bonds is 5. The van der Waals surface area contributed by atoms with Crippen LogP contribution in [0.25, 0.3) is 10.9 Å². The van der Waals surface area contributed by atoms with Gasteiger partial charge in [-0.1, -0.05) is 6.07 Å². The molecule has 134 valence electrons. The monoisotopic (exact) mass is 362 g/mol. The van der Waals surface area contributed by atoms with E-state index in [4.69, 9.17) is 5.73 Å². The first kappa shape index (κ1) is 17.8. The summed E-state index contributed by atoms with van der Waals surface area (Å²) in [6, 6.07) is 6.77. The van der Waals surface area contributed by atoms with Gasteiger partial charge in [0.2, 0.25) is 15.9 Å². The third kappa shape index (κ3) is 3.97. The van der Waals surface area contributed by atoms with Crippen molar-refractivity contribution in [3.63, 3.8) is 0 Å². The normalized spacial score (nSPS) is 17.0. The predicted octanol–water partition coefficient (Wildman–Crippen LogP) is 0.771. The zero-order valence-electron chi connectivity index (χ0n) is 14.1. The summed E-state index contributed by atoms with van der Waals surface area (Å²) in [5.41, 5.74) is 6.84. The summed E-state index contributed by atoms with van der Waals surface area (Å²) in [6.45, 7) is 3.42.